The number of imidazole rings is 1. The minimum absolute atomic E-state index is 0.309. The van der Waals surface area contributed by atoms with Crippen LogP contribution in [0.3, 0.4) is 0 Å². The quantitative estimate of drug-likeness (QED) is 0.789. The van der Waals surface area contributed by atoms with Crippen LogP contribution in [-0.2, 0) is 9.47 Å². The number of methoxy groups -OCH3 is 1. The summed E-state index contributed by atoms with van der Waals surface area (Å²) in [4.78, 5) is 25.9. The lowest BCUT2D eigenvalue weighted by atomic mass is 10.0. The number of ether oxygens (including phenoxy) is 2. The number of nitrogens with one attached hydrogen (secondary N) is 1. The number of pyridine rings is 1. The van der Waals surface area contributed by atoms with E-state index in [0.29, 0.717) is 13.2 Å². The minimum Gasteiger partial charge on any atom is -0.441 e. The fraction of sp³-hybridized carbons (Fsp3) is 0.278. The number of carbonyl (C=O) groups excluding carboxylic acids is 1. The number of nitrogens with zero attached hydrogens (tertiary/aromatic N) is 3. The van der Waals surface area contributed by atoms with E-state index in [9.17, 15) is 4.79 Å². The lowest BCUT2D eigenvalue weighted by Gasteiger charge is -2.32. The predicted octanol–water partition coefficient (Wildman–Crippen LogP) is 3.29. The monoisotopic (exact) mass is 338 g/mol. The average Bonchev–Trinajstić information content (AvgIpc) is 3.04. The van der Waals surface area contributed by atoms with Crippen molar-refractivity contribution in [2.24, 2.45) is 0 Å². The van der Waals surface area contributed by atoms with Gasteiger partial charge in [0.25, 0.3) is 0 Å². The van der Waals surface area contributed by atoms with Gasteiger partial charge >= 0.3 is 6.09 Å². The summed E-state index contributed by atoms with van der Waals surface area (Å²) >= 11 is 0. The molecule has 0 bridgehead atoms. The van der Waals surface area contributed by atoms with E-state index in [0.717, 1.165) is 33.7 Å². The van der Waals surface area contributed by atoms with Gasteiger partial charge in [-0.15, -0.1) is 0 Å². The molecule has 0 fully saturated rings. The smallest absolute Gasteiger partial charge is 0.414 e. The number of benzene rings is 1. The maximum Gasteiger partial charge on any atom is 0.414 e. The number of hydrogen-bond acceptors (Lipinski definition) is 5. The van der Waals surface area contributed by atoms with Crippen LogP contribution in [0.4, 0.5) is 10.5 Å². The van der Waals surface area contributed by atoms with E-state index in [1.54, 1.807) is 24.4 Å². The topological polar surface area (TPSA) is 80.3 Å². The Morgan fingerprint density at radius 3 is 3.04 bits per heavy atom. The molecule has 1 amide bonds. The first-order chi connectivity index (χ1) is 12.2. The molecule has 1 aromatic carbocycles. The molecular weight excluding hydrogens is 320 g/mol. The number of hydrogen-bond donors (Lipinski definition) is 1. The number of fused-ring (bicyclic) bond motifs is 2. The normalized spacial score (nSPS) is 16.8. The molecule has 1 aliphatic heterocycles. The molecule has 3 aromatic rings. The highest BCUT2D eigenvalue weighted by atomic mass is 16.6. The molecule has 128 valence electrons. The Labute approximate surface area is 144 Å². The molecule has 0 aliphatic carbocycles. The molecule has 3 heterocycles. The van der Waals surface area contributed by atoms with Crippen molar-refractivity contribution < 1.29 is 14.3 Å². The van der Waals surface area contributed by atoms with E-state index in [4.69, 9.17) is 9.47 Å². The summed E-state index contributed by atoms with van der Waals surface area (Å²) in [5.74, 6) is 0.744. The van der Waals surface area contributed by atoms with Gasteiger partial charge in [-0.3, -0.25) is 9.88 Å². The minimum atomic E-state index is -0.362. The van der Waals surface area contributed by atoms with Crippen molar-refractivity contribution in [3.05, 3.63) is 42.2 Å². The van der Waals surface area contributed by atoms with Crippen molar-refractivity contribution >= 4 is 22.8 Å². The largest absolute Gasteiger partial charge is 0.441 e. The molecular formula is C18H18N4O3. The van der Waals surface area contributed by atoms with E-state index in [-0.39, 0.29) is 12.2 Å². The Morgan fingerprint density at radius 2 is 2.28 bits per heavy atom. The van der Waals surface area contributed by atoms with Crippen molar-refractivity contribution in [1.29, 1.82) is 0 Å². The SMILES string of the molecule is COCCN1C(=O)OC(C)c2cc3[nH]c(-c4cccnc4)nc3cc21. The predicted molar refractivity (Wildman–Crippen MR) is 93.4 cm³/mol. The molecule has 0 saturated carbocycles. The van der Waals surface area contributed by atoms with Crippen molar-refractivity contribution in [3.8, 4) is 11.4 Å². The number of cyclic esters (lactones) is 1. The van der Waals surface area contributed by atoms with Crippen molar-refractivity contribution in [2.45, 2.75) is 13.0 Å². The summed E-state index contributed by atoms with van der Waals surface area (Å²) in [6, 6.07) is 7.74. The zero-order valence-electron chi connectivity index (χ0n) is 14.0. The summed E-state index contributed by atoms with van der Waals surface area (Å²) in [6.45, 7) is 2.73. The number of H-pyrrole nitrogens is 1. The lowest BCUT2D eigenvalue weighted by molar-refractivity contribution is 0.105. The number of aromatic amines is 1. The summed E-state index contributed by atoms with van der Waals surface area (Å²) in [5.41, 5.74) is 4.37. The van der Waals surface area contributed by atoms with Crippen LogP contribution < -0.4 is 4.90 Å². The second-order valence-corrected chi connectivity index (χ2v) is 5.93. The molecule has 25 heavy (non-hydrogen) atoms. The highest BCUT2D eigenvalue weighted by Crippen LogP contribution is 2.37. The molecule has 7 heteroatoms. The number of rotatable bonds is 4. The fourth-order valence-electron chi connectivity index (χ4n) is 3.03. The molecule has 1 atom stereocenters. The standard InChI is InChI=1S/C18H18N4O3/c1-11-13-8-14-15(21-17(20-14)12-4-3-5-19-10-12)9-16(13)22(6-7-24-2)18(23)25-11/h3-5,8-11H,6-7H2,1-2H3,(H,20,21). The van der Waals surface area contributed by atoms with Gasteiger partial charge in [0.2, 0.25) is 0 Å². The van der Waals surface area contributed by atoms with Crippen molar-refractivity contribution in [1.82, 2.24) is 15.0 Å². The molecule has 7 nitrogen and oxygen atoms in total. The second kappa shape index (κ2) is 6.18. The van der Waals surface area contributed by atoms with E-state index in [1.165, 1.54) is 0 Å². The van der Waals surface area contributed by atoms with Gasteiger partial charge in [0.05, 0.1) is 29.9 Å². The van der Waals surface area contributed by atoms with Crippen molar-refractivity contribution in [3.63, 3.8) is 0 Å². The summed E-state index contributed by atoms with van der Waals surface area (Å²) < 4.78 is 10.6. The van der Waals surface area contributed by atoms with Gasteiger partial charge in [0, 0.05) is 30.6 Å². The summed E-state index contributed by atoms with van der Waals surface area (Å²) in [7, 11) is 1.61. The highest BCUT2D eigenvalue weighted by molar-refractivity contribution is 5.95. The van der Waals surface area contributed by atoms with Gasteiger partial charge < -0.3 is 14.5 Å². The zero-order chi connectivity index (χ0) is 17.4. The number of carbonyl (C=O) groups is 1. The van der Waals surface area contributed by atoms with Crippen LogP contribution in [0.2, 0.25) is 0 Å². The van der Waals surface area contributed by atoms with Crippen LogP contribution in [0.15, 0.2) is 36.7 Å². The van der Waals surface area contributed by atoms with E-state index < -0.39 is 0 Å². The molecule has 1 aliphatic rings. The maximum atomic E-state index is 12.2. The van der Waals surface area contributed by atoms with E-state index in [2.05, 4.69) is 15.0 Å². The summed E-state index contributed by atoms with van der Waals surface area (Å²) in [6.07, 6.45) is 2.82. The highest BCUT2D eigenvalue weighted by Gasteiger charge is 2.31. The molecule has 0 spiro atoms. The van der Waals surface area contributed by atoms with E-state index in [1.807, 2.05) is 31.2 Å². The van der Waals surface area contributed by atoms with Crippen molar-refractivity contribution in [2.75, 3.05) is 25.2 Å². The molecule has 1 N–H and O–H groups in total. The van der Waals surface area contributed by atoms with Crippen LogP contribution in [0.5, 0.6) is 0 Å². The first kappa shape index (κ1) is 15.6. The van der Waals surface area contributed by atoms with Crippen LogP contribution in [-0.4, -0.2) is 41.3 Å². The van der Waals surface area contributed by atoms with Gasteiger partial charge in [-0.25, -0.2) is 9.78 Å². The third kappa shape index (κ3) is 2.72. The first-order valence-electron chi connectivity index (χ1n) is 8.08. The van der Waals surface area contributed by atoms with Gasteiger partial charge in [-0.2, -0.15) is 0 Å². The second-order valence-electron chi connectivity index (χ2n) is 5.93. The van der Waals surface area contributed by atoms with Gasteiger partial charge in [0.1, 0.15) is 11.9 Å². The van der Waals surface area contributed by atoms with Crippen LogP contribution in [0.25, 0.3) is 22.4 Å². The maximum absolute atomic E-state index is 12.2. The Morgan fingerprint density at radius 1 is 1.40 bits per heavy atom. The molecule has 2 aromatic heterocycles. The number of aromatic nitrogens is 3. The van der Waals surface area contributed by atoms with Crippen LogP contribution >= 0.6 is 0 Å². The Bertz CT molecular complexity index is 923. The van der Waals surface area contributed by atoms with E-state index >= 15 is 0 Å². The van der Waals surface area contributed by atoms with Gasteiger partial charge in [-0.1, -0.05) is 0 Å². The molecule has 1 unspecified atom stereocenters. The van der Waals surface area contributed by atoms with Gasteiger partial charge in [-0.05, 0) is 31.2 Å². The number of amides is 1. The molecule has 0 radical (unpaired) electrons. The molecule has 4 rings (SSSR count). The third-order valence-electron chi connectivity index (χ3n) is 4.31. The van der Waals surface area contributed by atoms with Crippen LogP contribution in [0.1, 0.15) is 18.6 Å². The Balaban J connectivity index is 1.82. The number of anilines is 1. The lowest BCUT2D eigenvalue weighted by Crippen LogP contribution is -2.39. The zero-order valence-corrected chi connectivity index (χ0v) is 14.0. The first-order valence-corrected chi connectivity index (χ1v) is 8.08. The van der Waals surface area contributed by atoms with Gasteiger partial charge in [0.15, 0.2) is 0 Å². The Kier molecular flexibility index (Phi) is 3.85. The molecule has 0 saturated heterocycles. The average molecular weight is 338 g/mol. The fourth-order valence-corrected chi connectivity index (χ4v) is 3.03. The third-order valence-corrected chi connectivity index (χ3v) is 4.31. The summed E-state index contributed by atoms with van der Waals surface area (Å²) in [5, 5.41) is 0. The van der Waals surface area contributed by atoms with Crippen LogP contribution in [0, 0.1) is 0 Å². The Hall–Kier alpha value is -2.93.